The first-order chi connectivity index (χ1) is 7.48. The van der Waals surface area contributed by atoms with Crippen molar-refractivity contribution in [2.45, 2.75) is 19.3 Å². The standard InChI is InChI=1S/C13H16N2O/c1-9-13(2,3)11-7-10(14-8-16)5-6-12(11)15(9)4/h5-8H,1H2,2-4H3,(H,14,16). The number of allylic oxidation sites excluding steroid dienone is 1. The third-order valence-electron chi connectivity index (χ3n) is 3.38. The van der Waals surface area contributed by atoms with Crippen LogP contribution in [0.1, 0.15) is 19.4 Å². The highest BCUT2D eigenvalue weighted by Crippen LogP contribution is 2.46. The van der Waals surface area contributed by atoms with Crippen LogP contribution in [-0.2, 0) is 10.2 Å². The van der Waals surface area contributed by atoms with Crippen molar-refractivity contribution in [2.24, 2.45) is 0 Å². The summed E-state index contributed by atoms with van der Waals surface area (Å²) >= 11 is 0. The van der Waals surface area contributed by atoms with E-state index in [2.05, 4.69) is 30.6 Å². The fourth-order valence-electron chi connectivity index (χ4n) is 2.21. The van der Waals surface area contributed by atoms with Crippen LogP contribution in [0.4, 0.5) is 11.4 Å². The van der Waals surface area contributed by atoms with Crippen LogP contribution in [0.25, 0.3) is 0 Å². The van der Waals surface area contributed by atoms with Crippen molar-refractivity contribution in [1.82, 2.24) is 0 Å². The summed E-state index contributed by atoms with van der Waals surface area (Å²) in [6, 6.07) is 5.93. The minimum atomic E-state index is -0.0787. The van der Waals surface area contributed by atoms with Crippen molar-refractivity contribution in [1.29, 1.82) is 0 Å². The van der Waals surface area contributed by atoms with Gasteiger partial charge < -0.3 is 10.2 Å². The van der Waals surface area contributed by atoms with Gasteiger partial charge in [-0.1, -0.05) is 20.4 Å². The lowest BCUT2D eigenvalue weighted by Gasteiger charge is -2.22. The summed E-state index contributed by atoms with van der Waals surface area (Å²) in [6.07, 6.45) is 0.697. The van der Waals surface area contributed by atoms with Gasteiger partial charge in [0, 0.05) is 29.5 Å². The van der Waals surface area contributed by atoms with Gasteiger partial charge in [0.15, 0.2) is 0 Å². The molecule has 0 unspecified atom stereocenters. The molecule has 1 heterocycles. The number of carbonyl (C=O) groups excluding carboxylic acids is 1. The summed E-state index contributed by atoms with van der Waals surface area (Å²) in [5.41, 5.74) is 4.18. The zero-order valence-electron chi connectivity index (χ0n) is 9.87. The van der Waals surface area contributed by atoms with Crippen molar-refractivity contribution in [3.05, 3.63) is 36.0 Å². The molecule has 3 nitrogen and oxygen atoms in total. The second-order valence-electron chi connectivity index (χ2n) is 4.62. The molecule has 0 bridgehead atoms. The molecule has 16 heavy (non-hydrogen) atoms. The Kier molecular flexibility index (Phi) is 2.26. The number of benzene rings is 1. The molecule has 0 fully saturated rings. The van der Waals surface area contributed by atoms with Crippen molar-refractivity contribution in [3.63, 3.8) is 0 Å². The molecule has 0 atom stereocenters. The Morgan fingerprint density at radius 1 is 1.44 bits per heavy atom. The maximum atomic E-state index is 10.4. The second-order valence-corrected chi connectivity index (χ2v) is 4.62. The lowest BCUT2D eigenvalue weighted by Crippen LogP contribution is -2.21. The molecule has 1 aliphatic heterocycles. The van der Waals surface area contributed by atoms with Crippen LogP contribution < -0.4 is 10.2 Å². The topological polar surface area (TPSA) is 32.3 Å². The van der Waals surface area contributed by atoms with Gasteiger partial charge in [-0.05, 0) is 23.8 Å². The van der Waals surface area contributed by atoms with Crippen molar-refractivity contribution >= 4 is 17.8 Å². The molecule has 3 heteroatoms. The van der Waals surface area contributed by atoms with Crippen LogP contribution in [0.3, 0.4) is 0 Å². The van der Waals surface area contributed by atoms with E-state index in [9.17, 15) is 4.79 Å². The van der Waals surface area contributed by atoms with Gasteiger partial charge in [0.05, 0.1) is 0 Å². The highest BCUT2D eigenvalue weighted by atomic mass is 16.1. The van der Waals surface area contributed by atoms with Crippen molar-refractivity contribution in [3.8, 4) is 0 Å². The third kappa shape index (κ3) is 1.32. The first kappa shape index (κ1) is 10.7. The molecule has 1 N–H and O–H groups in total. The number of amides is 1. The van der Waals surface area contributed by atoms with Crippen LogP contribution in [0.15, 0.2) is 30.5 Å². The third-order valence-corrected chi connectivity index (χ3v) is 3.38. The summed E-state index contributed by atoms with van der Waals surface area (Å²) < 4.78 is 0. The summed E-state index contributed by atoms with van der Waals surface area (Å²) in [4.78, 5) is 12.5. The van der Waals surface area contributed by atoms with E-state index < -0.39 is 0 Å². The zero-order valence-corrected chi connectivity index (χ0v) is 9.87. The molecule has 1 amide bonds. The predicted octanol–water partition coefficient (Wildman–Crippen LogP) is 2.50. The van der Waals surface area contributed by atoms with Crippen LogP contribution in [0.5, 0.6) is 0 Å². The Hall–Kier alpha value is -1.77. The largest absolute Gasteiger partial charge is 0.348 e. The molecule has 0 radical (unpaired) electrons. The average Bonchev–Trinajstić information content (AvgIpc) is 2.42. The second kappa shape index (κ2) is 3.37. The molecule has 1 aromatic carbocycles. The monoisotopic (exact) mass is 216 g/mol. The minimum Gasteiger partial charge on any atom is -0.348 e. The smallest absolute Gasteiger partial charge is 0.211 e. The SMILES string of the molecule is C=C1N(C)c2ccc(NC=O)cc2C1(C)C. The van der Waals surface area contributed by atoms with Gasteiger partial charge in [0.2, 0.25) is 6.41 Å². The number of anilines is 2. The number of hydrogen-bond donors (Lipinski definition) is 1. The summed E-state index contributed by atoms with van der Waals surface area (Å²) in [5.74, 6) is 0. The van der Waals surface area contributed by atoms with Gasteiger partial charge in [0.25, 0.3) is 0 Å². The Morgan fingerprint density at radius 2 is 2.12 bits per heavy atom. The highest BCUT2D eigenvalue weighted by molar-refractivity contribution is 5.77. The fraction of sp³-hybridized carbons (Fsp3) is 0.308. The van der Waals surface area contributed by atoms with E-state index in [1.807, 2.05) is 25.2 Å². The molecule has 0 saturated carbocycles. The van der Waals surface area contributed by atoms with E-state index in [1.54, 1.807) is 0 Å². The van der Waals surface area contributed by atoms with E-state index >= 15 is 0 Å². The van der Waals surface area contributed by atoms with Gasteiger partial charge >= 0.3 is 0 Å². The Balaban J connectivity index is 2.56. The summed E-state index contributed by atoms with van der Waals surface area (Å²) in [5, 5.41) is 2.68. The predicted molar refractivity (Wildman–Crippen MR) is 66.7 cm³/mol. The Labute approximate surface area is 95.8 Å². The molecular weight excluding hydrogens is 200 g/mol. The van der Waals surface area contributed by atoms with E-state index in [0.717, 1.165) is 17.1 Å². The normalized spacial score (nSPS) is 17.2. The van der Waals surface area contributed by atoms with Crippen LogP contribution in [0, 0.1) is 0 Å². The molecule has 84 valence electrons. The van der Waals surface area contributed by atoms with Gasteiger partial charge in [0.1, 0.15) is 0 Å². The molecule has 1 aromatic rings. The maximum Gasteiger partial charge on any atom is 0.211 e. The minimum absolute atomic E-state index is 0.0787. The summed E-state index contributed by atoms with van der Waals surface area (Å²) in [7, 11) is 2.02. The van der Waals surface area contributed by atoms with Crippen LogP contribution >= 0.6 is 0 Å². The Bertz CT molecular complexity index is 463. The molecule has 0 aliphatic carbocycles. The summed E-state index contributed by atoms with van der Waals surface area (Å²) in [6.45, 7) is 8.40. The molecule has 0 aromatic heterocycles. The number of carbonyl (C=O) groups is 1. The van der Waals surface area contributed by atoms with Crippen LogP contribution in [0.2, 0.25) is 0 Å². The first-order valence-corrected chi connectivity index (χ1v) is 5.26. The molecule has 0 spiro atoms. The number of fused-ring (bicyclic) bond motifs is 1. The van der Waals surface area contributed by atoms with Gasteiger partial charge in [-0.2, -0.15) is 0 Å². The maximum absolute atomic E-state index is 10.4. The first-order valence-electron chi connectivity index (χ1n) is 5.26. The molecule has 1 aliphatic rings. The van der Waals surface area contributed by atoms with Crippen molar-refractivity contribution < 1.29 is 4.79 Å². The van der Waals surface area contributed by atoms with Gasteiger partial charge in [-0.15, -0.1) is 0 Å². The number of nitrogens with one attached hydrogen (secondary N) is 1. The average molecular weight is 216 g/mol. The van der Waals surface area contributed by atoms with Gasteiger partial charge in [-0.25, -0.2) is 0 Å². The van der Waals surface area contributed by atoms with E-state index in [0.29, 0.717) is 6.41 Å². The van der Waals surface area contributed by atoms with E-state index in [-0.39, 0.29) is 5.41 Å². The Morgan fingerprint density at radius 3 is 2.75 bits per heavy atom. The quantitative estimate of drug-likeness (QED) is 0.770. The zero-order chi connectivity index (χ0) is 11.9. The molecule has 2 rings (SSSR count). The van der Waals surface area contributed by atoms with Crippen molar-refractivity contribution in [2.75, 3.05) is 17.3 Å². The molecular formula is C13H16N2O. The lowest BCUT2D eigenvalue weighted by atomic mass is 9.84. The van der Waals surface area contributed by atoms with Gasteiger partial charge in [-0.3, -0.25) is 4.79 Å². The number of nitrogens with zero attached hydrogens (tertiary/aromatic N) is 1. The molecule has 0 saturated heterocycles. The van der Waals surface area contributed by atoms with E-state index in [4.69, 9.17) is 0 Å². The highest BCUT2D eigenvalue weighted by Gasteiger charge is 2.37. The number of likely N-dealkylation sites (N-methyl/N-ethyl adjacent to an activating group) is 1. The number of hydrogen-bond acceptors (Lipinski definition) is 2. The number of rotatable bonds is 2. The van der Waals surface area contributed by atoms with E-state index in [1.165, 1.54) is 5.56 Å². The fourth-order valence-corrected chi connectivity index (χ4v) is 2.21. The lowest BCUT2D eigenvalue weighted by molar-refractivity contribution is -0.105. The van der Waals surface area contributed by atoms with Crippen LogP contribution in [-0.4, -0.2) is 13.5 Å².